The molecule has 1 N–H and O–H groups in total. The van der Waals surface area contributed by atoms with Crippen LogP contribution in [0.4, 0.5) is 15.1 Å². The van der Waals surface area contributed by atoms with E-state index in [0.29, 0.717) is 6.04 Å². The number of nitrogens with zero attached hydrogens (tertiary/aromatic N) is 4. The average Bonchev–Trinajstić information content (AvgIpc) is 3.62. The van der Waals surface area contributed by atoms with Crippen molar-refractivity contribution in [3.05, 3.63) is 53.4 Å². The van der Waals surface area contributed by atoms with E-state index in [4.69, 9.17) is 4.98 Å². The Kier molecular flexibility index (Phi) is 9.54. The molecule has 2 aromatic rings. The molecule has 0 spiro atoms. The Bertz CT molecular complexity index is 1110. The molecular weight excluding hydrogens is 481 g/mol. The highest BCUT2D eigenvalue weighted by molar-refractivity contribution is 7.16. The van der Waals surface area contributed by atoms with Crippen molar-refractivity contribution < 1.29 is 4.39 Å². The van der Waals surface area contributed by atoms with Gasteiger partial charge in [-0.25, -0.2) is 14.4 Å². The van der Waals surface area contributed by atoms with Gasteiger partial charge in [-0.1, -0.05) is 51.2 Å². The maximum Gasteiger partial charge on any atom is 0.145 e. The second kappa shape index (κ2) is 12.8. The molecule has 2 aliphatic heterocycles. The van der Waals surface area contributed by atoms with Gasteiger partial charge in [-0.15, -0.1) is 0 Å². The summed E-state index contributed by atoms with van der Waals surface area (Å²) >= 11 is 1.54. The molecule has 200 valence electrons. The van der Waals surface area contributed by atoms with Crippen LogP contribution in [0.25, 0.3) is 11.4 Å². The molecule has 0 amide bonds. The summed E-state index contributed by atoms with van der Waals surface area (Å²) < 4.78 is 14.3. The summed E-state index contributed by atoms with van der Waals surface area (Å²) in [5.41, 5.74) is 4.53. The molecule has 1 saturated heterocycles. The minimum absolute atomic E-state index is 0.180. The van der Waals surface area contributed by atoms with Crippen molar-refractivity contribution in [3.63, 3.8) is 0 Å². The van der Waals surface area contributed by atoms with Crippen LogP contribution in [0.1, 0.15) is 87.9 Å². The molecule has 0 aliphatic carbocycles. The molecule has 1 aromatic heterocycles. The Morgan fingerprint density at radius 1 is 1.24 bits per heavy atom. The van der Waals surface area contributed by atoms with Gasteiger partial charge in [0.15, 0.2) is 0 Å². The lowest BCUT2D eigenvalue weighted by Crippen LogP contribution is -2.27. The Morgan fingerprint density at radius 3 is 2.65 bits per heavy atom. The van der Waals surface area contributed by atoms with Gasteiger partial charge >= 0.3 is 0 Å². The van der Waals surface area contributed by atoms with Crippen molar-refractivity contribution in [3.8, 4) is 0 Å². The number of hydrogen-bond donors (Lipinski definition) is 1. The van der Waals surface area contributed by atoms with Gasteiger partial charge < -0.3 is 15.1 Å². The minimum Gasteiger partial charge on any atom is -0.380 e. The minimum atomic E-state index is -0.180. The third-order valence-corrected chi connectivity index (χ3v) is 8.50. The quantitative estimate of drug-likeness (QED) is 0.275. The monoisotopic (exact) mass is 523 g/mol. The summed E-state index contributed by atoms with van der Waals surface area (Å²) in [6.07, 6.45) is 9.85. The van der Waals surface area contributed by atoms with Crippen LogP contribution in [0.3, 0.4) is 0 Å². The number of fused-ring (bicyclic) bond motifs is 1. The van der Waals surface area contributed by atoms with Gasteiger partial charge in [-0.2, -0.15) is 0 Å². The van der Waals surface area contributed by atoms with E-state index in [2.05, 4.69) is 47.1 Å². The molecule has 0 bridgehead atoms. The Hall–Kier alpha value is -2.51. The average molecular weight is 524 g/mol. The normalized spacial score (nSPS) is 17.8. The fraction of sp³-hybridized carbons (Fsp3) is 0.533. The fourth-order valence-electron chi connectivity index (χ4n) is 5.62. The van der Waals surface area contributed by atoms with Crippen LogP contribution in [0.15, 0.2) is 36.3 Å². The topological polar surface area (TPSA) is 43.8 Å². The van der Waals surface area contributed by atoms with E-state index in [1.165, 1.54) is 25.9 Å². The summed E-state index contributed by atoms with van der Waals surface area (Å²) in [5.74, 6) is 0.0837. The molecule has 1 aromatic carbocycles. The SMILES string of the molecule is C=C(NC(CCC)CCC)c1nc(C(=C)N2CC(CCN3CCCC3)c3cc(F)ccc32)c(N=CC)s1. The Labute approximate surface area is 226 Å². The van der Waals surface area contributed by atoms with E-state index in [9.17, 15) is 4.39 Å². The van der Waals surface area contributed by atoms with E-state index in [-0.39, 0.29) is 11.7 Å². The number of benzene rings is 1. The molecule has 3 heterocycles. The predicted molar refractivity (Wildman–Crippen MR) is 158 cm³/mol. The first-order valence-electron chi connectivity index (χ1n) is 13.9. The predicted octanol–water partition coefficient (Wildman–Crippen LogP) is 7.59. The van der Waals surface area contributed by atoms with E-state index in [0.717, 1.165) is 83.5 Å². The highest BCUT2D eigenvalue weighted by Crippen LogP contribution is 2.44. The number of aliphatic imine (C=N–C) groups is 1. The number of rotatable bonds is 13. The second-order valence-electron chi connectivity index (χ2n) is 10.3. The van der Waals surface area contributed by atoms with Crippen LogP contribution in [0.2, 0.25) is 0 Å². The van der Waals surface area contributed by atoms with E-state index >= 15 is 0 Å². The summed E-state index contributed by atoms with van der Waals surface area (Å²) in [5, 5.41) is 5.29. The standard InChI is InChI=1S/C30H42FN5S/c1-6-11-25(12-7-2)33-21(4)29-34-28(30(37-29)32-8-3)22(5)36-20-23(15-18-35-16-9-10-17-35)26-19-24(31)13-14-27(26)36/h8,13-14,19,23,25,33H,4-7,9-12,15-18,20H2,1-3H3. The van der Waals surface area contributed by atoms with Crippen LogP contribution in [0.5, 0.6) is 0 Å². The summed E-state index contributed by atoms with van der Waals surface area (Å²) in [7, 11) is 0. The first kappa shape index (κ1) is 27.5. The molecule has 1 unspecified atom stereocenters. The zero-order valence-electron chi connectivity index (χ0n) is 22.7. The van der Waals surface area contributed by atoms with Crippen molar-refractivity contribution in [2.24, 2.45) is 4.99 Å². The smallest absolute Gasteiger partial charge is 0.145 e. The van der Waals surface area contributed by atoms with Crippen molar-refractivity contribution in [1.82, 2.24) is 15.2 Å². The first-order valence-corrected chi connectivity index (χ1v) is 14.7. The number of nitrogens with one attached hydrogen (secondary N) is 1. The lowest BCUT2D eigenvalue weighted by atomic mass is 9.97. The van der Waals surface area contributed by atoms with Crippen LogP contribution >= 0.6 is 11.3 Å². The van der Waals surface area contributed by atoms with Gasteiger partial charge in [0.1, 0.15) is 21.5 Å². The molecule has 1 atom stereocenters. The van der Waals surface area contributed by atoms with Crippen LogP contribution in [0, 0.1) is 5.82 Å². The number of halogens is 1. The van der Waals surface area contributed by atoms with Crippen molar-refractivity contribution >= 4 is 39.6 Å². The zero-order chi connectivity index (χ0) is 26.4. The molecule has 1 fully saturated rings. The first-order chi connectivity index (χ1) is 17.9. The number of thiazole rings is 1. The van der Waals surface area contributed by atoms with Crippen molar-refractivity contribution in [1.29, 1.82) is 0 Å². The largest absolute Gasteiger partial charge is 0.380 e. The lowest BCUT2D eigenvalue weighted by Gasteiger charge is -2.22. The van der Waals surface area contributed by atoms with Gasteiger partial charge in [0.05, 0.1) is 11.4 Å². The van der Waals surface area contributed by atoms with Crippen molar-refractivity contribution in [2.45, 2.75) is 77.7 Å². The molecule has 2 aliphatic rings. The highest BCUT2D eigenvalue weighted by Gasteiger charge is 2.33. The number of anilines is 1. The van der Waals surface area contributed by atoms with Gasteiger partial charge in [0.25, 0.3) is 0 Å². The van der Waals surface area contributed by atoms with E-state index in [1.807, 2.05) is 13.0 Å². The van der Waals surface area contributed by atoms with Gasteiger partial charge in [0, 0.05) is 30.4 Å². The molecular formula is C30H42FN5S. The Balaban J connectivity index is 1.57. The molecule has 37 heavy (non-hydrogen) atoms. The van der Waals surface area contributed by atoms with Crippen molar-refractivity contribution in [2.75, 3.05) is 31.1 Å². The highest BCUT2D eigenvalue weighted by atomic mass is 32.1. The van der Waals surface area contributed by atoms with Gasteiger partial charge in [0.2, 0.25) is 0 Å². The summed E-state index contributed by atoms with van der Waals surface area (Å²) in [6, 6.07) is 5.55. The van der Waals surface area contributed by atoms with Crippen LogP contribution in [-0.4, -0.2) is 48.3 Å². The maximum absolute atomic E-state index is 14.3. The van der Waals surface area contributed by atoms with E-state index in [1.54, 1.807) is 29.7 Å². The summed E-state index contributed by atoms with van der Waals surface area (Å²) in [6.45, 7) is 19.3. The third kappa shape index (κ3) is 6.50. The molecule has 5 nitrogen and oxygen atoms in total. The van der Waals surface area contributed by atoms with E-state index < -0.39 is 0 Å². The molecule has 0 saturated carbocycles. The third-order valence-electron chi connectivity index (χ3n) is 7.48. The molecule has 4 rings (SSSR count). The van der Waals surface area contributed by atoms with Crippen LogP contribution in [-0.2, 0) is 0 Å². The number of likely N-dealkylation sites (tertiary alicyclic amines) is 1. The second-order valence-corrected chi connectivity index (χ2v) is 11.2. The number of aromatic nitrogens is 1. The maximum atomic E-state index is 14.3. The molecule has 7 heteroatoms. The fourth-order valence-corrected chi connectivity index (χ4v) is 6.54. The molecule has 0 radical (unpaired) electrons. The van der Waals surface area contributed by atoms with Crippen LogP contribution < -0.4 is 10.2 Å². The van der Waals surface area contributed by atoms with Gasteiger partial charge in [-0.3, -0.25) is 0 Å². The van der Waals surface area contributed by atoms with Gasteiger partial charge in [-0.05, 0) is 82.4 Å². The lowest BCUT2D eigenvalue weighted by molar-refractivity contribution is 0.324. The number of hydrogen-bond acceptors (Lipinski definition) is 6. The summed E-state index contributed by atoms with van der Waals surface area (Å²) in [4.78, 5) is 14.4. The zero-order valence-corrected chi connectivity index (χ0v) is 23.5. The Morgan fingerprint density at radius 2 is 1.97 bits per heavy atom.